The molecular formula is C58H78BrClN12O2. The first-order chi connectivity index (χ1) is 35.8. The zero-order chi connectivity index (χ0) is 50.9. The third-order valence-corrected chi connectivity index (χ3v) is 15.1. The second-order valence-corrected chi connectivity index (χ2v) is 20.6. The number of aliphatic hydroxyl groups excluding tert-OH is 2. The lowest BCUT2D eigenvalue weighted by atomic mass is 9.93. The van der Waals surface area contributed by atoms with Gasteiger partial charge >= 0.3 is 0 Å². The standard InChI is InChI=1S/C29H38N6O.C26H36N6O.C3H3Br.ClH/c1-3-13-30-29-31-19-26-27(21-35(28(26)32-29)24-9-11-25(36)12-10-24)23-7-5-22(6-8-23)20-34-17-15-33(14-4-2)16-18-34;1-2-11-28-26-29-16-23-24(18-32(25(23)30-26)21-7-9-22(33)10-8-21)20-5-3-19(4-6-20)17-31-14-12-27-13-15-31;1-2-3-4;/h2,5-8,19,21,24-25,36H,3,9-18,20H2,1H3,(H,30,31,32);3-6,16,18,21-22,27,33H,2,7-15,17H2,1H3,(H,28,29,30);1H,3H2;1H. The first kappa shape index (κ1) is 56.7. The van der Waals surface area contributed by atoms with Crippen LogP contribution in [0.15, 0.2) is 73.3 Å². The molecule has 2 aliphatic carbocycles. The van der Waals surface area contributed by atoms with Gasteiger partial charge in [-0.25, -0.2) is 9.97 Å². The number of halogens is 2. The molecule has 4 fully saturated rings. The van der Waals surface area contributed by atoms with Crippen molar-refractivity contribution in [2.75, 3.05) is 88.0 Å². The summed E-state index contributed by atoms with van der Waals surface area (Å²) in [5, 5.41) is 33.0. The van der Waals surface area contributed by atoms with E-state index >= 15 is 0 Å². The number of terminal acetylenes is 2. The number of nitrogens with zero attached hydrogens (tertiary/aromatic N) is 9. The summed E-state index contributed by atoms with van der Waals surface area (Å²) in [5.74, 6) is 6.48. The topological polar surface area (TPSA) is 148 Å². The van der Waals surface area contributed by atoms with Gasteiger partial charge in [-0.15, -0.1) is 25.3 Å². The van der Waals surface area contributed by atoms with Crippen molar-refractivity contribution in [3.63, 3.8) is 0 Å². The van der Waals surface area contributed by atoms with Gasteiger partial charge in [0.15, 0.2) is 0 Å². The number of aromatic nitrogens is 6. The average Bonchev–Trinajstić information content (AvgIpc) is 4.00. The van der Waals surface area contributed by atoms with E-state index in [4.69, 9.17) is 22.8 Å². The Bertz CT molecular complexity index is 2720. The normalized spacial score (nSPS) is 20.5. The molecule has 2 aliphatic heterocycles. The van der Waals surface area contributed by atoms with Crippen molar-refractivity contribution in [2.24, 2.45) is 0 Å². The quantitative estimate of drug-likeness (QED) is 0.0493. The highest BCUT2D eigenvalue weighted by Gasteiger charge is 2.26. The molecule has 396 valence electrons. The number of fused-ring (bicyclic) bond motifs is 2. The molecule has 0 amide bonds. The van der Waals surface area contributed by atoms with Gasteiger partial charge in [0.1, 0.15) is 11.3 Å². The summed E-state index contributed by atoms with van der Waals surface area (Å²) in [5.41, 5.74) is 9.41. The fourth-order valence-corrected chi connectivity index (χ4v) is 10.6. The Kier molecular flexibility index (Phi) is 22.0. The molecule has 5 N–H and O–H groups in total. The van der Waals surface area contributed by atoms with Gasteiger partial charge < -0.3 is 35.3 Å². The van der Waals surface area contributed by atoms with Crippen molar-refractivity contribution in [1.82, 2.24) is 49.1 Å². The predicted octanol–water partition coefficient (Wildman–Crippen LogP) is 9.38. The van der Waals surface area contributed by atoms with Gasteiger partial charge in [-0.2, -0.15) is 9.97 Å². The van der Waals surface area contributed by atoms with E-state index < -0.39 is 0 Å². The number of anilines is 2. The van der Waals surface area contributed by atoms with E-state index in [1.807, 2.05) is 12.4 Å². The zero-order valence-electron chi connectivity index (χ0n) is 43.6. The Labute approximate surface area is 454 Å². The van der Waals surface area contributed by atoms with Crippen molar-refractivity contribution in [3.8, 4) is 46.9 Å². The first-order valence-electron chi connectivity index (χ1n) is 26.9. The second kappa shape index (κ2) is 28.7. The van der Waals surface area contributed by atoms with Crippen LogP contribution >= 0.6 is 28.3 Å². The number of benzene rings is 2. The molecule has 0 atom stereocenters. The zero-order valence-corrected chi connectivity index (χ0v) is 46.0. The summed E-state index contributed by atoms with van der Waals surface area (Å²) in [6.45, 7) is 17.3. The number of aliphatic hydroxyl groups is 2. The lowest BCUT2D eigenvalue weighted by Gasteiger charge is -2.33. The van der Waals surface area contributed by atoms with Gasteiger partial charge in [-0.1, -0.05) is 90.1 Å². The van der Waals surface area contributed by atoms with E-state index in [1.165, 1.54) is 33.4 Å². The molecule has 2 saturated carbocycles. The molecule has 0 spiro atoms. The highest BCUT2D eigenvalue weighted by atomic mass is 79.9. The number of alkyl halides is 1. The molecule has 0 bridgehead atoms. The summed E-state index contributed by atoms with van der Waals surface area (Å²) >= 11 is 3.01. The maximum atomic E-state index is 10.0. The van der Waals surface area contributed by atoms with E-state index in [0.29, 0.717) is 29.3 Å². The van der Waals surface area contributed by atoms with Crippen LogP contribution in [0.3, 0.4) is 0 Å². The van der Waals surface area contributed by atoms with Crippen LogP contribution in [0.5, 0.6) is 0 Å². The van der Waals surface area contributed by atoms with Crippen LogP contribution in [0, 0.1) is 24.7 Å². The maximum Gasteiger partial charge on any atom is 0.224 e. The smallest absolute Gasteiger partial charge is 0.224 e. The molecule has 74 heavy (non-hydrogen) atoms. The van der Waals surface area contributed by atoms with E-state index in [2.05, 4.69) is 152 Å². The number of nitrogens with one attached hydrogen (secondary N) is 3. The Hall–Kier alpha value is -5.07. The van der Waals surface area contributed by atoms with E-state index in [0.717, 1.165) is 171 Å². The minimum atomic E-state index is -0.174. The van der Waals surface area contributed by atoms with E-state index in [-0.39, 0.29) is 24.6 Å². The van der Waals surface area contributed by atoms with Crippen molar-refractivity contribution in [2.45, 2.75) is 115 Å². The average molecular weight is 1090 g/mol. The van der Waals surface area contributed by atoms with Crippen LogP contribution in [-0.4, -0.2) is 144 Å². The third-order valence-electron chi connectivity index (χ3n) is 14.7. The van der Waals surface area contributed by atoms with Crippen LogP contribution in [0.2, 0.25) is 0 Å². The Balaban J connectivity index is 0.000000200. The van der Waals surface area contributed by atoms with Crippen molar-refractivity contribution in [1.29, 1.82) is 0 Å². The molecule has 10 rings (SSSR count). The van der Waals surface area contributed by atoms with Gasteiger partial charge in [0.25, 0.3) is 0 Å². The van der Waals surface area contributed by atoms with Gasteiger partial charge in [0, 0.05) is 137 Å². The van der Waals surface area contributed by atoms with Gasteiger partial charge in [-0.05, 0) is 86.5 Å². The Morgan fingerprint density at radius 1 is 0.608 bits per heavy atom. The lowest BCUT2D eigenvalue weighted by molar-refractivity contribution is 0.111. The fourth-order valence-electron chi connectivity index (χ4n) is 10.6. The summed E-state index contributed by atoms with van der Waals surface area (Å²) in [4.78, 5) is 26.4. The summed E-state index contributed by atoms with van der Waals surface area (Å²) in [6, 6.07) is 18.7. The number of hydrogen-bond donors (Lipinski definition) is 5. The Morgan fingerprint density at radius 2 is 1.01 bits per heavy atom. The van der Waals surface area contributed by atoms with Gasteiger partial charge in [-0.3, -0.25) is 14.7 Å². The molecule has 6 heterocycles. The summed E-state index contributed by atoms with van der Waals surface area (Å²) < 4.78 is 4.67. The molecule has 2 aromatic carbocycles. The largest absolute Gasteiger partial charge is 0.393 e. The molecule has 6 aromatic rings. The molecule has 4 aliphatic rings. The van der Waals surface area contributed by atoms with Crippen LogP contribution < -0.4 is 16.0 Å². The van der Waals surface area contributed by atoms with Gasteiger partial charge in [0.2, 0.25) is 11.9 Å². The van der Waals surface area contributed by atoms with Gasteiger partial charge in [0.05, 0.1) is 24.1 Å². The SMILES string of the molecule is C#CCBr.C#CCN1CCN(Cc2ccc(-c3cn(C4CCC(O)CC4)c4nc(NCCC)ncc34)cc2)CC1.CCCNc1ncc2c(-c3ccc(CN4CCNCC4)cc3)cn(C3CCC(O)CC3)c2n1.Cl. The van der Waals surface area contributed by atoms with Crippen LogP contribution in [0.25, 0.3) is 44.3 Å². The van der Waals surface area contributed by atoms with Crippen LogP contribution in [0.4, 0.5) is 11.9 Å². The predicted molar refractivity (Wildman–Crippen MR) is 309 cm³/mol. The highest BCUT2D eigenvalue weighted by molar-refractivity contribution is 9.09. The van der Waals surface area contributed by atoms with Crippen molar-refractivity contribution in [3.05, 3.63) is 84.4 Å². The van der Waals surface area contributed by atoms with Crippen LogP contribution in [-0.2, 0) is 13.1 Å². The molecule has 2 saturated heterocycles. The molecule has 14 nitrogen and oxygen atoms in total. The fraction of sp³-hybridized carbons (Fsp3) is 0.517. The van der Waals surface area contributed by atoms with E-state index in [1.54, 1.807) is 0 Å². The summed E-state index contributed by atoms with van der Waals surface area (Å²) in [6.07, 6.45) is 27.7. The van der Waals surface area contributed by atoms with Crippen molar-refractivity contribution < 1.29 is 10.2 Å². The van der Waals surface area contributed by atoms with E-state index in [9.17, 15) is 10.2 Å². The maximum absolute atomic E-state index is 10.0. The second-order valence-electron chi connectivity index (χ2n) is 20.1. The number of piperazine rings is 2. The van der Waals surface area contributed by atoms with Crippen LogP contribution in [0.1, 0.15) is 101 Å². The molecular weight excluding hydrogens is 1010 g/mol. The third kappa shape index (κ3) is 15.1. The molecule has 16 heteroatoms. The Morgan fingerprint density at radius 3 is 1.41 bits per heavy atom. The minimum Gasteiger partial charge on any atom is -0.393 e. The van der Waals surface area contributed by atoms with Crippen molar-refractivity contribution >= 4 is 62.3 Å². The monoisotopic (exact) mass is 1090 g/mol. The molecule has 0 unspecified atom stereocenters. The number of rotatable bonds is 15. The lowest BCUT2D eigenvalue weighted by Crippen LogP contribution is -2.45. The highest BCUT2D eigenvalue weighted by Crippen LogP contribution is 2.39. The summed E-state index contributed by atoms with van der Waals surface area (Å²) in [7, 11) is 0. The minimum absolute atomic E-state index is 0. The molecule has 4 aromatic heterocycles. The first-order valence-corrected chi connectivity index (χ1v) is 28.0. The molecule has 0 radical (unpaired) electrons. The number of hydrogen-bond acceptors (Lipinski definition) is 12.